The third-order valence-electron chi connectivity index (χ3n) is 2.15. The van der Waals surface area contributed by atoms with Crippen LogP contribution in [-0.2, 0) is 15.0 Å². The summed E-state index contributed by atoms with van der Waals surface area (Å²) in [5.41, 5.74) is 0. The highest BCUT2D eigenvalue weighted by Gasteiger charge is 2.26. The highest BCUT2D eigenvalue weighted by molar-refractivity contribution is 7.87. The highest BCUT2D eigenvalue weighted by Crippen LogP contribution is 2.07. The van der Waals surface area contributed by atoms with Crippen molar-refractivity contribution in [1.29, 1.82) is 0 Å². The van der Waals surface area contributed by atoms with Gasteiger partial charge in [-0.3, -0.25) is 4.79 Å². The molecule has 6 nitrogen and oxygen atoms in total. The summed E-state index contributed by atoms with van der Waals surface area (Å²) in [5, 5.41) is 8.89. The van der Waals surface area contributed by atoms with E-state index in [-0.39, 0.29) is 12.3 Å². The van der Waals surface area contributed by atoms with E-state index in [1.807, 2.05) is 13.8 Å². The molecule has 0 spiro atoms. The molecule has 2 N–H and O–H groups in total. The Morgan fingerprint density at radius 2 is 1.94 bits per heavy atom. The summed E-state index contributed by atoms with van der Waals surface area (Å²) in [4.78, 5) is 10.9. The Bertz CT molecular complexity index is 326. The van der Waals surface area contributed by atoms with E-state index in [9.17, 15) is 13.2 Å². The maximum atomic E-state index is 11.6. The minimum atomic E-state index is -3.70. The van der Waals surface area contributed by atoms with Crippen molar-refractivity contribution < 1.29 is 18.3 Å². The van der Waals surface area contributed by atoms with Crippen LogP contribution in [0.3, 0.4) is 0 Å². The molecule has 16 heavy (non-hydrogen) atoms. The van der Waals surface area contributed by atoms with E-state index < -0.39 is 22.2 Å². The van der Waals surface area contributed by atoms with Gasteiger partial charge in [0.05, 0.1) is 0 Å². The Balaban J connectivity index is 4.69. The number of rotatable bonds is 7. The molecule has 1 unspecified atom stereocenters. The van der Waals surface area contributed by atoms with E-state index in [0.29, 0.717) is 6.54 Å². The summed E-state index contributed by atoms with van der Waals surface area (Å²) in [5.74, 6) is -1.04. The van der Waals surface area contributed by atoms with Crippen LogP contribution < -0.4 is 4.72 Å². The van der Waals surface area contributed by atoms with Crippen LogP contribution in [0.4, 0.5) is 0 Å². The number of carbonyl (C=O) groups is 1. The molecule has 0 rings (SSSR count). The van der Waals surface area contributed by atoms with Gasteiger partial charge in [-0.2, -0.15) is 17.4 Å². The summed E-state index contributed by atoms with van der Waals surface area (Å²) in [6.07, 6.45) is 0.270. The third-order valence-corrected chi connectivity index (χ3v) is 3.81. The molecule has 0 fully saturated rings. The number of hydrogen-bond acceptors (Lipinski definition) is 3. The average molecular weight is 252 g/mol. The second-order valence-corrected chi connectivity index (χ2v) is 5.87. The zero-order valence-corrected chi connectivity index (χ0v) is 10.9. The van der Waals surface area contributed by atoms with Crippen LogP contribution >= 0.6 is 0 Å². The molecule has 0 bridgehead atoms. The molecule has 0 aromatic carbocycles. The Morgan fingerprint density at radius 1 is 1.44 bits per heavy atom. The van der Waals surface area contributed by atoms with E-state index in [1.165, 1.54) is 7.05 Å². The molecular formula is C9H20N2O4S. The smallest absolute Gasteiger partial charge is 0.321 e. The highest BCUT2D eigenvalue weighted by atomic mass is 32.2. The third kappa shape index (κ3) is 4.91. The molecule has 0 saturated heterocycles. The van der Waals surface area contributed by atoms with Crippen molar-refractivity contribution in [3.8, 4) is 0 Å². The number of carboxylic acid groups (broad SMARTS) is 1. The molecule has 0 heterocycles. The molecular weight excluding hydrogens is 232 g/mol. The molecule has 0 aliphatic heterocycles. The lowest BCUT2D eigenvalue weighted by atomic mass is 10.1. The monoisotopic (exact) mass is 252 g/mol. The van der Waals surface area contributed by atoms with Gasteiger partial charge in [0, 0.05) is 13.6 Å². The van der Waals surface area contributed by atoms with E-state index in [1.54, 1.807) is 6.92 Å². The zero-order valence-electron chi connectivity index (χ0n) is 10.1. The maximum absolute atomic E-state index is 11.6. The molecule has 7 heteroatoms. The number of nitrogens with zero attached hydrogens (tertiary/aromatic N) is 1. The lowest BCUT2D eigenvalue weighted by molar-refractivity contribution is -0.139. The molecule has 0 aromatic heterocycles. The summed E-state index contributed by atoms with van der Waals surface area (Å²) >= 11 is 0. The van der Waals surface area contributed by atoms with Gasteiger partial charge in [-0.15, -0.1) is 0 Å². The first-order valence-corrected chi connectivity index (χ1v) is 6.61. The standard InChI is InChI=1S/C9H20N2O4S/c1-5-11(4)16(14,15)10-8(9(12)13)6-7(2)3/h7-8,10H,5-6H2,1-4H3,(H,12,13). The first kappa shape index (κ1) is 15.3. The van der Waals surface area contributed by atoms with Gasteiger partial charge < -0.3 is 5.11 Å². The summed E-state index contributed by atoms with van der Waals surface area (Å²) in [7, 11) is -2.30. The van der Waals surface area contributed by atoms with Gasteiger partial charge in [-0.25, -0.2) is 0 Å². The predicted octanol–water partition coefficient (Wildman–Crippen LogP) is 0.272. The van der Waals surface area contributed by atoms with Crippen LogP contribution in [0, 0.1) is 5.92 Å². The van der Waals surface area contributed by atoms with Gasteiger partial charge in [0.25, 0.3) is 10.2 Å². The average Bonchev–Trinajstić information content (AvgIpc) is 2.14. The Labute approximate surface area is 96.8 Å². The van der Waals surface area contributed by atoms with Gasteiger partial charge in [0.2, 0.25) is 0 Å². The second-order valence-electron chi connectivity index (χ2n) is 4.06. The molecule has 1 atom stereocenters. The van der Waals surface area contributed by atoms with Crippen LogP contribution in [0.1, 0.15) is 27.2 Å². The number of carboxylic acids is 1. The molecule has 0 aliphatic carbocycles. The molecule has 0 aliphatic rings. The minimum Gasteiger partial charge on any atom is -0.480 e. The first-order chi connectivity index (χ1) is 7.20. The zero-order chi connectivity index (χ0) is 12.9. The van der Waals surface area contributed by atoms with Crippen molar-refractivity contribution in [2.75, 3.05) is 13.6 Å². The summed E-state index contributed by atoms with van der Waals surface area (Å²) in [6.45, 7) is 5.66. The van der Waals surface area contributed by atoms with Crippen molar-refractivity contribution in [3.63, 3.8) is 0 Å². The van der Waals surface area contributed by atoms with Crippen LogP contribution in [0.25, 0.3) is 0 Å². The van der Waals surface area contributed by atoms with E-state index in [4.69, 9.17) is 5.11 Å². The fourth-order valence-electron chi connectivity index (χ4n) is 1.11. The predicted molar refractivity (Wildman–Crippen MR) is 61.2 cm³/mol. The minimum absolute atomic E-state index is 0.107. The Morgan fingerprint density at radius 3 is 2.25 bits per heavy atom. The van der Waals surface area contributed by atoms with Crippen molar-refractivity contribution in [1.82, 2.24) is 9.03 Å². The fourth-order valence-corrected chi connectivity index (χ4v) is 2.19. The largest absolute Gasteiger partial charge is 0.480 e. The number of aliphatic carboxylic acids is 1. The Hall–Kier alpha value is -0.660. The van der Waals surface area contributed by atoms with Crippen LogP contribution in [0.2, 0.25) is 0 Å². The molecule has 0 amide bonds. The van der Waals surface area contributed by atoms with Gasteiger partial charge in [0.1, 0.15) is 6.04 Å². The molecule has 96 valence electrons. The van der Waals surface area contributed by atoms with Gasteiger partial charge in [-0.1, -0.05) is 20.8 Å². The van der Waals surface area contributed by atoms with E-state index in [0.717, 1.165) is 4.31 Å². The van der Waals surface area contributed by atoms with Crippen molar-refractivity contribution in [2.24, 2.45) is 5.92 Å². The van der Waals surface area contributed by atoms with Crippen LogP contribution in [-0.4, -0.2) is 43.4 Å². The first-order valence-electron chi connectivity index (χ1n) is 5.17. The number of hydrogen-bond donors (Lipinski definition) is 2. The molecule has 0 aromatic rings. The lowest BCUT2D eigenvalue weighted by Crippen LogP contribution is -2.47. The maximum Gasteiger partial charge on any atom is 0.321 e. The summed E-state index contributed by atoms with van der Waals surface area (Å²) < 4.78 is 26.5. The molecule has 0 radical (unpaired) electrons. The topological polar surface area (TPSA) is 86.7 Å². The van der Waals surface area contributed by atoms with Crippen LogP contribution in [0.5, 0.6) is 0 Å². The number of nitrogens with one attached hydrogen (secondary N) is 1. The SMILES string of the molecule is CCN(C)S(=O)(=O)NC(CC(C)C)C(=O)O. The van der Waals surface area contributed by atoms with E-state index >= 15 is 0 Å². The van der Waals surface area contributed by atoms with Gasteiger partial charge >= 0.3 is 5.97 Å². The van der Waals surface area contributed by atoms with Crippen molar-refractivity contribution in [3.05, 3.63) is 0 Å². The second kappa shape index (κ2) is 6.17. The Kier molecular flexibility index (Phi) is 5.91. The van der Waals surface area contributed by atoms with Gasteiger partial charge in [0.15, 0.2) is 0 Å². The lowest BCUT2D eigenvalue weighted by Gasteiger charge is -2.20. The summed E-state index contributed by atoms with van der Waals surface area (Å²) in [6, 6.07) is -1.07. The molecule has 0 saturated carbocycles. The fraction of sp³-hybridized carbons (Fsp3) is 0.889. The van der Waals surface area contributed by atoms with E-state index in [2.05, 4.69) is 4.72 Å². The van der Waals surface area contributed by atoms with Crippen molar-refractivity contribution in [2.45, 2.75) is 33.2 Å². The van der Waals surface area contributed by atoms with Crippen LogP contribution in [0.15, 0.2) is 0 Å². The van der Waals surface area contributed by atoms with Crippen molar-refractivity contribution >= 4 is 16.2 Å². The quantitative estimate of drug-likeness (QED) is 0.681. The normalized spacial score (nSPS) is 14.4. The van der Waals surface area contributed by atoms with Gasteiger partial charge in [-0.05, 0) is 12.3 Å².